The Morgan fingerprint density at radius 3 is 2.77 bits per heavy atom. The minimum atomic E-state index is -0.523. The van der Waals surface area contributed by atoms with E-state index in [2.05, 4.69) is 10.6 Å². The van der Waals surface area contributed by atoms with E-state index in [9.17, 15) is 14.4 Å². The van der Waals surface area contributed by atoms with E-state index in [-0.39, 0.29) is 24.7 Å². The molecule has 1 aliphatic heterocycles. The van der Waals surface area contributed by atoms with E-state index in [0.717, 1.165) is 5.75 Å². The first-order valence-electron chi connectivity index (χ1n) is 8.28. The number of thiophene rings is 1. The number of ether oxygens (including phenoxy) is 2. The Morgan fingerprint density at radius 2 is 2.12 bits per heavy atom. The van der Waals surface area contributed by atoms with Crippen molar-refractivity contribution in [2.45, 2.75) is 32.1 Å². The van der Waals surface area contributed by atoms with Gasteiger partial charge >= 0.3 is 18.0 Å². The van der Waals surface area contributed by atoms with Crippen LogP contribution in [0.4, 0.5) is 4.79 Å². The van der Waals surface area contributed by atoms with Gasteiger partial charge in [-0.15, -0.1) is 23.1 Å². The van der Waals surface area contributed by atoms with Gasteiger partial charge in [-0.2, -0.15) is 0 Å². The SMILES string of the molecule is CCOC(=O)C1=C(COC(=O)CSCc2cccs2)NC(=O)N[C@H]1CC. The van der Waals surface area contributed by atoms with Crippen LogP contribution in [0.15, 0.2) is 28.8 Å². The first-order chi connectivity index (χ1) is 12.5. The number of esters is 2. The normalized spacial score (nSPS) is 16.7. The lowest BCUT2D eigenvalue weighted by molar-refractivity contribution is -0.141. The molecule has 9 heteroatoms. The second-order valence-electron chi connectivity index (χ2n) is 5.40. The second kappa shape index (κ2) is 10.2. The summed E-state index contributed by atoms with van der Waals surface area (Å²) < 4.78 is 10.3. The molecule has 7 nitrogen and oxygen atoms in total. The lowest BCUT2D eigenvalue weighted by Crippen LogP contribution is -2.51. The Labute approximate surface area is 160 Å². The molecule has 1 aromatic rings. The molecule has 1 atom stereocenters. The maximum atomic E-state index is 12.2. The Balaban J connectivity index is 1.94. The van der Waals surface area contributed by atoms with E-state index < -0.39 is 24.0 Å². The van der Waals surface area contributed by atoms with Crippen LogP contribution in [0.25, 0.3) is 0 Å². The molecule has 2 rings (SSSR count). The number of rotatable bonds is 9. The summed E-state index contributed by atoms with van der Waals surface area (Å²) in [6.45, 7) is 3.61. The third kappa shape index (κ3) is 5.77. The number of nitrogens with one attached hydrogen (secondary N) is 2. The van der Waals surface area contributed by atoms with Crippen molar-refractivity contribution in [2.24, 2.45) is 0 Å². The van der Waals surface area contributed by atoms with Gasteiger partial charge in [0.25, 0.3) is 0 Å². The van der Waals surface area contributed by atoms with Crippen molar-refractivity contribution in [3.8, 4) is 0 Å². The Kier molecular flexibility index (Phi) is 7.99. The quantitative estimate of drug-likeness (QED) is 0.621. The fraction of sp³-hybridized carbons (Fsp3) is 0.471. The zero-order valence-corrected chi connectivity index (χ0v) is 16.3. The molecule has 1 aliphatic rings. The highest BCUT2D eigenvalue weighted by atomic mass is 32.2. The summed E-state index contributed by atoms with van der Waals surface area (Å²) in [5, 5.41) is 7.21. The van der Waals surface area contributed by atoms with Crippen LogP contribution < -0.4 is 10.6 Å². The van der Waals surface area contributed by atoms with Gasteiger partial charge in [-0.1, -0.05) is 13.0 Å². The summed E-state index contributed by atoms with van der Waals surface area (Å²) in [4.78, 5) is 37.1. The Morgan fingerprint density at radius 1 is 1.31 bits per heavy atom. The molecule has 2 heterocycles. The molecule has 0 fully saturated rings. The maximum absolute atomic E-state index is 12.2. The lowest BCUT2D eigenvalue weighted by Gasteiger charge is -2.28. The van der Waals surface area contributed by atoms with Crippen LogP contribution in [0, 0.1) is 0 Å². The number of amides is 2. The van der Waals surface area contributed by atoms with Crippen LogP contribution in [0.2, 0.25) is 0 Å². The molecule has 0 saturated heterocycles. The molecule has 0 unspecified atom stereocenters. The first kappa shape index (κ1) is 20.3. The molecule has 26 heavy (non-hydrogen) atoms. The van der Waals surface area contributed by atoms with Gasteiger partial charge in [-0.25, -0.2) is 9.59 Å². The molecule has 1 aromatic heterocycles. The Bertz CT molecular complexity index is 673. The third-order valence-corrected chi connectivity index (χ3v) is 5.58. The highest BCUT2D eigenvalue weighted by molar-refractivity contribution is 7.99. The van der Waals surface area contributed by atoms with Gasteiger partial charge in [0.1, 0.15) is 6.61 Å². The molecule has 0 saturated carbocycles. The number of thioether (sulfide) groups is 1. The number of carbonyl (C=O) groups is 3. The molecule has 2 amide bonds. The largest absolute Gasteiger partial charge is 0.463 e. The highest BCUT2D eigenvalue weighted by Crippen LogP contribution is 2.19. The molecule has 0 spiro atoms. The smallest absolute Gasteiger partial charge is 0.338 e. The van der Waals surface area contributed by atoms with Crippen molar-refractivity contribution in [3.63, 3.8) is 0 Å². The van der Waals surface area contributed by atoms with Gasteiger partial charge in [0.05, 0.1) is 29.7 Å². The summed E-state index contributed by atoms with van der Waals surface area (Å²) in [6, 6.07) is 3.08. The minimum absolute atomic E-state index is 0.170. The van der Waals surface area contributed by atoms with Gasteiger partial charge in [-0.05, 0) is 24.8 Å². The lowest BCUT2D eigenvalue weighted by atomic mass is 10.0. The summed E-state index contributed by atoms with van der Waals surface area (Å²) in [6.07, 6.45) is 0.523. The summed E-state index contributed by atoms with van der Waals surface area (Å²) in [7, 11) is 0. The predicted molar refractivity (Wildman–Crippen MR) is 101 cm³/mol. The van der Waals surface area contributed by atoms with E-state index in [1.54, 1.807) is 18.3 Å². The fourth-order valence-electron chi connectivity index (χ4n) is 2.40. The van der Waals surface area contributed by atoms with Gasteiger partial charge < -0.3 is 20.1 Å². The molecule has 142 valence electrons. The van der Waals surface area contributed by atoms with E-state index in [0.29, 0.717) is 12.0 Å². The molecule has 0 aromatic carbocycles. The molecule has 0 bridgehead atoms. The fourth-order valence-corrected chi connectivity index (χ4v) is 4.06. The van der Waals surface area contributed by atoms with Gasteiger partial charge in [0.15, 0.2) is 0 Å². The second-order valence-corrected chi connectivity index (χ2v) is 7.42. The van der Waals surface area contributed by atoms with Crippen LogP contribution in [-0.2, 0) is 24.8 Å². The average molecular weight is 399 g/mol. The third-order valence-electron chi connectivity index (χ3n) is 3.57. The molecular formula is C17H22N2O5S2. The number of carbonyl (C=O) groups excluding carboxylic acids is 3. The van der Waals surface area contributed by atoms with Crippen LogP contribution in [0.1, 0.15) is 25.1 Å². The Hall–Kier alpha value is -2.00. The topological polar surface area (TPSA) is 93.7 Å². The van der Waals surface area contributed by atoms with Gasteiger partial charge in [-0.3, -0.25) is 4.79 Å². The van der Waals surface area contributed by atoms with Crippen molar-refractivity contribution in [3.05, 3.63) is 33.7 Å². The zero-order valence-electron chi connectivity index (χ0n) is 14.7. The average Bonchev–Trinajstić information content (AvgIpc) is 3.12. The summed E-state index contributed by atoms with van der Waals surface area (Å²) >= 11 is 3.09. The van der Waals surface area contributed by atoms with Crippen molar-refractivity contribution in [2.75, 3.05) is 19.0 Å². The van der Waals surface area contributed by atoms with Crippen molar-refractivity contribution in [1.82, 2.24) is 10.6 Å². The minimum Gasteiger partial charge on any atom is -0.463 e. The van der Waals surface area contributed by atoms with E-state index in [1.165, 1.54) is 16.6 Å². The zero-order chi connectivity index (χ0) is 18.9. The van der Waals surface area contributed by atoms with Crippen LogP contribution in [0.3, 0.4) is 0 Å². The predicted octanol–water partition coefficient (Wildman–Crippen LogP) is 2.43. The molecule has 2 N–H and O–H groups in total. The molecule has 0 aliphatic carbocycles. The maximum Gasteiger partial charge on any atom is 0.338 e. The van der Waals surface area contributed by atoms with E-state index in [1.807, 2.05) is 24.4 Å². The summed E-state index contributed by atoms with van der Waals surface area (Å²) in [5.74, 6) is 0.0129. The highest BCUT2D eigenvalue weighted by Gasteiger charge is 2.31. The summed E-state index contributed by atoms with van der Waals surface area (Å²) in [5.41, 5.74) is 0.573. The van der Waals surface area contributed by atoms with E-state index in [4.69, 9.17) is 9.47 Å². The number of hydrogen-bond acceptors (Lipinski definition) is 7. The van der Waals surface area contributed by atoms with Crippen LogP contribution >= 0.6 is 23.1 Å². The van der Waals surface area contributed by atoms with E-state index >= 15 is 0 Å². The first-order valence-corrected chi connectivity index (χ1v) is 10.3. The van der Waals surface area contributed by atoms with Crippen molar-refractivity contribution >= 4 is 41.1 Å². The molecule has 0 radical (unpaired) electrons. The van der Waals surface area contributed by atoms with Crippen LogP contribution in [0.5, 0.6) is 0 Å². The van der Waals surface area contributed by atoms with Crippen LogP contribution in [-0.4, -0.2) is 43.0 Å². The van der Waals surface area contributed by atoms with Crippen molar-refractivity contribution in [1.29, 1.82) is 0 Å². The van der Waals surface area contributed by atoms with Gasteiger partial charge in [0, 0.05) is 10.6 Å². The molecular weight excluding hydrogens is 376 g/mol. The van der Waals surface area contributed by atoms with Crippen molar-refractivity contribution < 1.29 is 23.9 Å². The standard InChI is InChI=1S/C17H22N2O5S2/c1-3-12-15(16(21)23-4-2)13(19-17(22)18-12)8-24-14(20)10-25-9-11-6-5-7-26-11/h5-7,12H,3-4,8-10H2,1-2H3,(H2,18,19,22)/t12-/m0/s1. The number of hydrogen-bond donors (Lipinski definition) is 2. The monoisotopic (exact) mass is 398 g/mol. The van der Waals surface area contributed by atoms with Gasteiger partial charge in [0.2, 0.25) is 0 Å². The number of urea groups is 1.